The Bertz CT molecular complexity index is 1040. The number of thiophene rings is 1. The number of hydrogen-bond acceptors (Lipinski definition) is 6. The maximum atomic E-state index is 13.6. The average molecular weight is 443 g/mol. The van der Waals surface area contributed by atoms with Gasteiger partial charge in [-0.3, -0.25) is 9.69 Å². The summed E-state index contributed by atoms with van der Waals surface area (Å²) in [5.74, 6) is -0.253. The van der Waals surface area contributed by atoms with Gasteiger partial charge in [-0.2, -0.15) is 0 Å². The molecule has 4 rings (SSSR count). The van der Waals surface area contributed by atoms with Gasteiger partial charge in [0.15, 0.2) is 12.1 Å². The molecule has 0 spiro atoms. The zero-order chi connectivity index (χ0) is 21.8. The molecule has 5 nitrogen and oxygen atoms in total. The van der Waals surface area contributed by atoms with Crippen LogP contribution in [0.1, 0.15) is 28.8 Å². The average Bonchev–Trinajstić information content (AvgIpc) is 3.20. The van der Waals surface area contributed by atoms with E-state index in [9.17, 15) is 19.4 Å². The van der Waals surface area contributed by atoms with Crippen LogP contribution in [0.2, 0.25) is 0 Å². The number of rotatable bonds is 8. The van der Waals surface area contributed by atoms with E-state index in [1.165, 1.54) is 23.5 Å². The maximum absolute atomic E-state index is 13.6. The Labute approximate surface area is 185 Å². The smallest absolute Gasteiger partial charge is 0.165 e. The quantitative estimate of drug-likeness (QED) is 0.412. The van der Waals surface area contributed by atoms with E-state index in [1.807, 2.05) is 23.6 Å². The zero-order valence-electron chi connectivity index (χ0n) is 17.3. The van der Waals surface area contributed by atoms with Crippen LogP contribution < -0.4 is 4.90 Å². The van der Waals surface area contributed by atoms with Gasteiger partial charge in [-0.1, -0.05) is 18.2 Å². The van der Waals surface area contributed by atoms with E-state index in [0.717, 1.165) is 42.1 Å². The lowest BCUT2D eigenvalue weighted by atomic mass is 10.1. The molecule has 0 aliphatic carbocycles. The third kappa shape index (κ3) is 5.30. The Morgan fingerprint density at radius 3 is 2.65 bits per heavy atom. The van der Waals surface area contributed by atoms with Crippen LogP contribution in [0, 0.1) is 5.82 Å². The van der Waals surface area contributed by atoms with Crippen LogP contribution in [0.15, 0.2) is 47.8 Å². The van der Waals surface area contributed by atoms with Gasteiger partial charge in [0, 0.05) is 72.3 Å². The highest BCUT2D eigenvalue weighted by Gasteiger charge is 2.21. The third-order valence-electron chi connectivity index (χ3n) is 5.87. The summed E-state index contributed by atoms with van der Waals surface area (Å²) in [7, 11) is 0. The third-order valence-corrected chi connectivity index (χ3v) is 6.83. The molecule has 1 aromatic heterocycles. The van der Waals surface area contributed by atoms with Gasteiger partial charge in [0.25, 0.3) is 0 Å². The first kappa shape index (κ1) is 21.9. The number of carbonyl (C=O) groups is 1. The number of para-hydroxylation sites is 1. The highest BCUT2D eigenvalue weighted by atomic mass is 32.1. The number of piperazine rings is 1. The summed E-state index contributed by atoms with van der Waals surface area (Å²) in [4.78, 5) is 17.4. The topological polar surface area (TPSA) is 64.0 Å². The second-order valence-electron chi connectivity index (χ2n) is 7.94. The maximum Gasteiger partial charge on any atom is 0.165 e. The number of benzene rings is 2. The summed E-state index contributed by atoms with van der Waals surface area (Å²) >= 11 is 1.48. The highest BCUT2D eigenvalue weighted by Crippen LogP contribution is 2.28. The summed E-state index contributed by atoms with van der Waals surface area (Å²) in [6.45, 7) is 4.14. The molecule has 0 atom stereocenters. The van der Waals surface area contributed by atoms with Crippen molar-refractivity contribution in [1.29, 1.82) is 0 Å². The van der Waals surface area contributed by atoms with Crippen LogP contribution in [0.3, 0.4) is 0 Å². The van der Waals surface area contributed by atoms with Crippen molar-refractivity contribution in [2.24, 2.45) is 0 Å². The second-order valence-corrected chi connectivity index (χ2v) is 8.85. The van der Waals surface area contributed by atoms with Gasteiger partial charge in [0.2, 0.25) is 0 Å². The van der Waals surface area contributed by atoms with Crippen LogP contribution in [0.4, 0.5) is 10.1 Å². The molecule has 0 saturated carbocycles. The van der Waals surface area contributed by atoms with Crippen molar-refractivity contribution in [2.75, 3.05) is 37.6 Å². The van der Waals surface area contributed by atoms with E-state index in [1.54, 1.807) is 6.07 Å². The number of aliphatic hydroxyl groups is 2. The molecule has 0 radical (unpaired) electrons. The molecule has 31 heavy (non-hydrogen) atoms. The number of fused-ring (bicyclic) bond motifs is 1. The molecular weight excluding hydrogens is 415 g/mol. The van der Waals surface area contributed by atoms with Crippen molar-refractivity contribution in [2.45, 2.75) is 25.6 Å². The number of aryl methyl sites for hydroxylation is 1. The summed E-state index contributed by atoms with van der Waals surface area (Å²) in [6, 6.07) is 12.7. The Kier molecular flexibility index (Phi) is 6.97. The van der Waals surface area contributed by atoms with Crippen molar-refractivity contribution in [3.8, 4) is 0 Å². The van der Waals surface area contributed by atoms with E-state index >= 15 is 0 Å². The summed E-state index contributed by atoms with van der Waals surface area (Å²) in [5.41, 5.74) is 2.89. The normalized spacial score (nSPS) is 15.2. The lowest BCUT2D eigenvalue weighted by molar-refractivity contribution is -0.0446. The van der Waals surface area contributed by atoms with Gasteiger partial charge in [0.1, 0.15) is 5.82 Å². The fraction of sp³-hybridized carbons (Fsp3) is 0.375. The van der Waals surface area contributed by atoms with Gasteiger partial charge in [-0.25, -0.2) is 4.39 Å². The summed E-state index contributed by atoms with van der Waals surface area (Å²) in [6.07, 6.45) is 0.0741. The predicted molar refractivity (Wildman–Crippen MR) is 122 cm³/mol. The molecule has 3 aromatic rings. The number of carbonyl (C=O) groups excluding carboxylic acids is 1. The van der Waals surface area contributed by atoms with Gasteiger partial charge < -0.3 is 15.1 Å². The molecule has 1 aliphatic rings. The fourth-order valence-corrected chi connectivity index (χ4v) is 5.09. The number of aliphatic hydroxyl groups excluding tert-OH is 1. The summed E-state index contributed by atoms with van der Waals surface area (Å²) < 4.78 is 14.5. The van der Waals surface area contributed by atoms with Gasteiger partial charge in [-0.15, -0.1) is 11.3 Å². The highest BCUT2D eigenvalue weighted by molar-refractivity contribution is 7.17. The molecular formula is C24H27FN2O3S. The van der Waals surface area contributed by atoms with Crippen LogP contribution >= 0.6 is 11.3 Å². The van der Waals surface area contributed by atoms with Gasteiger partial charge >= 0.3 is 0 Å². The first-order chi connectivity index (χ1) is 15.0. The molecule has 1 saturated heterocycles. The molecule has 0 bridgehead atoms. The van der Waals surface area contributed by atoms with Gasteiger partial charge in [-0.05, 0) is 36.2 Å². The van der Waals surface area contributed by atoms with Crippen LogP contribution in [0.25, 0.3) is 10.1 Å². The van der Waals surface area contributed by atoms with E-state index in [-0.39, 0.29) is 11.6 Å². The molecule has 2 aromatic carbocycles. The van der Waals surface area contributed by atoms with Crippen LogP contribution in [0.5, 0.6) is 0 Å². The van der Waals surface area contributed by atoms with E-state index in [4.69, 9.17) is 0 Å². The minimum Gasteiger partial charge on any atom is -0.369 e. The van der Waals surface area contributed by atoms with Gasteiger partial charge in [0.05, 0.1) is 0 Å². The van der Waals surface area contributed by atoms with Crippen molar-refractivity contribution in [3.05, 3.63) is 64.8 Å². The standard InChI is InChI=1S/C24H27FN2O3S/c25-18-6-7-23-19(15-18)20(16-31-23)22(28)9-10-26-11-13-27(14-12-26)21-4-2-1-3-17(21)5-8-24(29)30/h1-4,6-7,15-16,24,29-30H,5,8-14H2. The van der Waals surface area contributed by atoms with Crippen LogP contribution in [-0.2, 0) is 6.42 Å². The molecule has 1 aliphatic heterocycles. The monoisotopic (exact) mass is 442 g/mol. The number of Topliss-reactive ketones (excluding diaryl/α,β-unsaturated/α-hetero) is 1. The fourth-order valence-electron chi connectivity index (χ4n) is 4.14. The number of ketones is 1. The Hall–Kier alpha value is -2.32. The lowest BCUT2D eigenvalue weighted by Gasteiger charge is -2.37. The minimum absolute atomic E-state index is 0.0622. The van der Waals surface area contributed by atoms with E-state index in [2.05, 4.69) is 15.9 Å². The molecule has 1 fully saturated rings. The predicted octanol–water partition coefficient (Wildman–Crippen LogP) is 3.68. The molecule has 0 unspecified atom stereocenters. The first-order valence-electron chi connectivity index (χ1n) is 10.6. The van der Waals surface area contributed by atoms with Crippen LogP contribution in [-0.4, -0.2) is 59.9 Å². The Morgan fingerprint density at radius 2 is 1.87 bits per heavy atom. The number of halogens is 1. The van der Waals surface area contributed by atoms with Crippen molar-refractivity contribution >= 4 is 32.9 Å². The van der Waals surface area contributed by atoms with Crippen molar-refractivity contribution < 1.29 is 19.4 Å². The van der Waals surface area contributed by atoms with E-state index < -0.39 is 6.29 Å². The molecule has 164 valence electrons. The Morgan fingerprint density at radius 1 is 1.10 bits per heavy atom. The lowest BCUT2D eigenvalue weighted by Crippen LogP contribution is -2.47. The van der Waals surface area contributed by atoms with Crippen molar-refractivity contribution in [1.82, 2.24) is 4.90 Å². The molecule has 2 N–H and O–H groups in total. The number of anilines is 1. The second kappa shape index (κ2) is 9.87. The number of hydrogen-bond donors (Lipinski definition) is 2. The number of nitrogens with zero attached hydrogens (tertiary/aromatic N) is 2. The SMILES string of the molecule is O=C(CCN1CCN(c2ccccc2CCC(O)O)CC1)c1csc2ccc(F)cc12. The van der Waals surface area contributed by atoms with Crippen molar-refractivity contribution in [3.63, 3.8) is 0 Å². The first-order valence-corrected chi connectivity index (χ1v) is 11.5. The van der Waals surface area contributed by atoms with E-state index in [0.29, 0.717) is 36.8 Å². The minimum atomic E-state index is -1.29. The molecule has 7 heteroatoms. The summed E-state index contributed by atoms with van der Waals surface area (Å²) in [5, 5.41) is 20.9. The Balaban J connectivity index is 1.32. The molecule has 2 heterocycles. The zero-order valence-corrected chi connectivity index (χ0v) is 18.2. The largest absolute Gasteiger partial charge is 0.369 e. The molecule has 0 amide bonds.